The molecule has 1 N–H and O–H groups in total. The highest BCUT2D eigenvalue weighted by atomic mass is 16.3. The van der Waals surface area contributed by atoms with E-state index in [0.29, 0.717) is 24.8 Å². The predicted octanol–water partition coefficient (Wildman–Crippen LogP) is 3.33. The van der Waals surface area contributed by atoms with Crippen LogP contribution in [0, 0.1) is 5.92 Å². The molecule has 0 spiro atoms. The standard InChI is InChI=1S/C19H30N2O2/c1-3-10-21-11-8-15(9-12-21)20-19(22)7-5-16-4-6-18(23-16)17-13-14(17)2/h4,6,14-15,17H,3,5,7-13H2,1-2H3,(H,20,22). The lowest BCUT2D eigenvalue weighted by molar-refractivity contribution is -0.122. The number of carbonyl (C=O) groups is 1. The number of furan rings is 1. The Morgan fingerprint density at radius 1 is 1.35 bits per heavy atom. The van der Waals surface area contributed by atoms with E-state index in [1.807, 2.05) is 6.07 Å². The molecule has 0 aromatic carbocycles. The number of carbonyl (C=O) groups excluding carboxylic acids is 1. The first-order valence-corrected chi connectivity index (χ1v) is 9.26. The van der Waals surface area contributed by atoms with E-state index in [-0.39, 0.29) is 5.91 Å². The highest BCUT2D eigenvalue weighted by molar-refractivity contribution is 5.76. The fourth-order valence-electron chi connectivity index (χ4n) is 3.60. The average molecular weight is 318 g/mol. The second-order valence-corrected chi connectivity index (χ2v) is 7.31. The Morgan fingerprint density at radius 3 is 2.74 bits per heavy atom. The first-order chi connectivity index (χ1) is 11.2. The number of likely N-dealkylation sites (tertiary alicyclic amines) is 1. The third-order valence-electron chi connectivity index (χ3n) is 5.25. The minimum Gasteiger partial charge on any atom is -0.466 e. The number of aryl methyl sites for hydroxylation is 1. The molecule has 1 aromatic rings. The maximum atomic E-state index is 12.1. The molecule has 128 valence electrons. The Hall–Kier alpha value is -1.29. The van der Waals surface area contributed by atoms with Gasteiger partial charge < -0.3 is 14.6 Å². The zero-order valence-electron chi connectivity index (χ0n) is 14.5. The number of nitrogens with zero attached hydrogens (tertiary/aromatic N) is 1. The van der Waals surface area contributed by atoms with Crippen LogP contribution >= 0.6 is 0 Å². The molecule has 1 aliphatic heterocycles. The maximum Gasteiger partial charge on any atom is 0.220 e. The third-order valence-corrected chi connectivity index (χ3v) is 5.25. The number of hydrogen-bond donors (Lipinski definition) is 1. The van der Waals surface area contributed by atoms with Crippen LogP contribution in [0.1, 0.15) is 63.4 Å². The monoisotopic (exact) mass is 318 g/mol. The van der Waals surface area contributed by atoms with Crippen molar-refractivity contribution in [2.75, 3.05) is 19.6 Å². The Labute approximate surface area is 139 Å². The van der Waals surface area contributed by atoms with Crippen LogP contribution in [-0.4, -0.2) is 36.5 Å². The van der Waals surface area contributed by atoms with Gasteiger partial charge in [-0.15, -0.1) is 0 Å². The van der Waals surface area contributed by atoms with Crippen LogP contribution in [0.4, 0.5) is 0 Å². The van der Waals surface area contributed by atoms with Crippen LogP contribution < -0.4 is 5.32 Å². The van der Waals surface area contributed by atoms with Crippen molar-refractivity contribution in [1.82, 2.24) is 10.2 Å². The highest BCUT2D eigenvalue weighted by Gasteiger charge is 2.36. The van der Waals surface area contributed by atoms with Crippen molar-refractivity contribution in [3.63, 3.8) is 0 Å². The van der Waals surface area contributed by atoms with Gasteiger partial charge in [0.05, 0.1) is 0 Å². The van der Waals surface area contributed by atoms with Gasteiger partial charge in [-0.3, -0.25) is 4.79 Å². The summed E-state index contributed by atoms with van der Waals surface area (Å²) in [6.07, 6.45) is 5.85. The maximum absolute atomic E-state index is 12.1. The quantitative estimate of drug-likeness (QED) is 0.839. The molecule has 3 rings (SSSR count). The van der Waals surface area contributed by atoms with Gasteiger partial charge in [0.2, 0.25) is 5.91 Å². The molecule has 2 heterocycles. The molecule has 2 atom stereocenters. The van der Waals surface area contributed by atoms with Gasteiger partial charge in [-0.25, -0.2) is 0 Å². The van der Waals surface area contributed by atoms with E-state index < -0.39 is 0 Å². The second-order valence-electron chi connectivity index (χ2n) is 7.31. The number of hydrogen-bond acceptors (Lipinski definition) is 3. The van der Waals surface area contributed by atoms with Crippen molar-refractivity contribution in [3.8, 4) is 0 Å². The summed E-state index contributed by atoms with van der Waals surface area (Å²) in [4.78, 5) is 14.6. The minimum atomic E-state index is 0.164. The topological polar surface area (TPSA) is 45.5 Å². The molecule has 1 saturated heterocycles. The summed E-state index contributed by atoms with van der Waals surface area (Å²) in [5, 5.41) is 3.19. The fourth-order valence-corrected chi connectivity index (χ4v) is 3.60. The lowest BCUT2D eigenvalue weighted by Gasteiger charge is -2.32. The van der Waals surface area contributed by atoms with Crippen LogP contribution in [0.3, 0.4) is 0 Å². The van der Waals surface area contributed by atoms with Crippen LogP contribution in [0.15, 0.2) is 16.5 Å². The van der Waals surface area contributed by atoms with E-state index in [2.05, 4.69) is 30.1 Å². The largest absolute Gasteiger partial charge is 0.466 e. The van der Waals surface area contributed by atoms with E-state index in [0.717, 1.165) is 43.4 Å². The zero-order valence-corrected chi connectivity index (χ0v) is 14.5. The summed E-state index contributed by atoms with van der Waals surface area (Å²) in [7, 11) is 0. The predicted molar refractivity (Wildman–Crippen MR) is 91.4 cm³/mol. The molecule has 4 nitrogen and oxygen atoms in total. The summed E-state index contributed by atoms with van der Waals surface area (Å²) in [5.74, 6) is 3.60. The molecule has 23 heavy (non-hydrogen) atoms. The van der Waals surface area contributed by atoms with E-state index in [9.17, 15) is 4.79 Å². The number of rotatable bonds is 7. The summed E-state index contributed by atoms with van der Waals surface area (Å²) in [6.45, 7) is 7.88. The van der Waals surface area contributed by atoms with Gasteiger partial charge in [0.1, 0.15) is 11.5 Å². The molecule has 1 aliphatic carbocycles. The van der Waals surface area contributed by atoms with Gasteiger partial charge in [0, 0.05) is 37.9 Å². The smallest absolute Gasteiger partial charge is 0.220 e. The molecule has 2 unspecified atom stereocenters. The molecule has 1 saturated carbocycles. The van der Waals surface area contributed by atoms with Crippen molar-refractivity contribution in [1.29, 1.82) is 0 Å². The first kappa shape index (κ1) is 16.6. The van der Waals surface area contributed by atoms with Crippen molar-refractivity contribution < 1.29 is 9.21 Å². The van der Waals surface area contributed by atoms with Gasteiger partial charge in [-0.05, 0) is 50.3 Å². The lowest BCUT2D eigenvalue weighted by Crippen LogP contribution is -2.44. The van der Waals surface area contributed by atoms with Crippen molar-refractivity contribution in [3.05, 3.63) is 23.7 Å². The van der Waals surface area contributed by atoms with Crippen molar-refractivity contribution >= 4 is 5.91 Å². The first-order valence-electron chi connectivity index (χ1n) is 9.26. The summed E-state index contributed by atoms with van der Waals surface area (Å²) < 4.78 is 5.87. The summed E-state index contributed by atoms with van der Waals surface area (Å²) >= 11 is 0. The normalized spacial score (nSPS) is 25.5. The van der Waals surface area contributed by atoms with Crippen molar-refractivity contribution in [2.45, 2.75) is 64.3 Å². The Balaban J connectivity index is 1.36. The number of piperidine rings is 1. The van der Waals surface area contributed by atoms with Crippen LogP contribution in [-0.2, 0) is 11.2 Å². The molecule has 1 amide bonds. The molecule has 0 radical (unpaired) electrons. The Bertz CT molecular complexity index is 517. The molecular formula is C19H30N2O2. The van der Waals surface area contributed by atoms with Gasteiger partial charge in [-0.1, -0.05) is 13.8 Å². The second kappa shape index (κ2) is 7.52. The van der Waals surface area contributed by atoms with Gasteiger partial charge in [0.25, 0.3) is 0 Å². The Kier molecular flexibility index (Phi) is 5.42. The average Bonchev–Trinajstić information content (AvgIpc) is 3.09. The molecule has 2 fully saturated rings. The molecular weight excluding hydrogens is 288 g/mol. The minimum absolute atomic E-state index is 0.164. The van der Waals surface area contributed by atoms with Gasteiger partial charge in [0.15, 0.2) is 0 Å². The fraction of sp³-hybridized carbons (Fsp3) is 0.737. The lowest BCUT2D eigenvalue weighted by atomic mass is 10.0. The SMILES string of the molecule is CCCN1CCC(NC(=O)CCc2ccc(C3CC3C)o2)CC1. The number of amides is 1. The van der Waals surface area contributed by atoms with Crippen LogP contribution in [0.25, 0.3) is 0 Å². The third kappa shape index (κ3) is 4.60. The molecule has 0 bridgehead atoms. The zero-order chi connectivity index (χ0) is 16.2. The van der Waals surface area contributed by atoms with Gasteiger partial charge in [-0.2, -0.15) is 0 Å². The van der Waals surface area contributed by atoms with Gasteiger partial charge >= 0.3 is 0 Å². The van der Waals surface area contributed by atoms with E-state index in [1.165, 1.54) is 19.4 Å². The highest BCUT2D eigenvalue weighted by Crippen LogP contribution is 2.47. The van der Waals surface area contributed by atoms with E-state index in [4.69, 9.17) is 4.42 Å². The molecule has 1 aromatic heterocycles. The van der Waals surface area contributed by atoms with Crippen molar-refractivity contribution in [2.24, 2.45) is 5.92 Å². The molecule has 2 aliphatic rings. The summed E-state index contributed by atoms with van der Waals surface area (Å²) in [6, 6.07) is 4.48. The van der Waals surface area contributed by atoms with E-state index >= 15 is 0 Å². The van der Waals surface area contributed by atoms with Crippen LogP contribution in [0.2, 0.25) is 0 Å². The number of nitrogens with one attached hydrogen (secondary N) is 1. The van der Waals surface area contributed by atoms with E-state index in [1.54, 1.807) is 0 Å². The summed E-state index contributed by atoms with van der Waals surface area (Å²) in [5.41, 5.74) is 0. The molecule has 4 heteroatoms. The van der Waals surface area contributed by atoms with Crippen LogP contribution in [0.5, 0.6) is 0 Å². The Morgan fingerprint density at radius 2 is 2.09 bits per heavy atom.